The molecule has 0 aromatic heterocycles. The van der Waals surface area contributed by atoms with Crippen molar-refractivity contribution in [2.75, 3.05) is 7.11 Å². The van der Waals surface area contributed by atoms with Gasteiger partial charge in [0, 0.05) is 0 Å². The quantitative estimate of drug-likeness (QED) is 0.259. The van der Waals surface area contributed by atoms with Crippen LogP contribution in [-0.2, 0) is 5.41 Å². The van der Waals surface area contributed by atoms with Crippen LogP contribution in [0.25, 0.3) is 0 Å². The first kappa shape index (κ1) is 25.3. The Bertz CT molecular complexity index is 549. The molecule has 0 saturated heterocycles. The van der Waals surface area contributed by atoms with Gasteiger partial charge in [-0.05, 0) is 0 Å². The molecule has 0 saturated carbocycles. The topological polar surface area (TPSA) is 9.23 Å². The molecule has 0 aliphatic rings. The molecule has 0 unspecified atom stereocenters. The van der Waals surface area contributed by atoms with E-state index in [4.69, 9.17) is 4.74 Å². The predicted molar refractivity (Wildman–Crippen MR) is 129 cm³/mol. The summed E-state index contributed by atoms with van der Waals surface area (Å²) >= 11 is -2.04. The van der Waals surface area contributed by atoms with Crippen molar-refractivity contribution in [3.63, 3.8) is 0 Å². The van der Waals surface area contributed by atoms with Crippen LogP contribution < -0.4 is 4.74 Å². The van der Waals surface area contributed by atoms with Gasteiger partial charge in [0.25, 0.3) is 0 Å². The van der Waals surface area contributed by atoms with Crippen LogP contribution in [-0.4, -0.2) is 20.4 Å². The maximum atomic E-state index is 5.37. The van der Waals surface area contributed by atoms with E-state index in [1.807, 2.05) is 4.41 Å². The second-order valence-electron chi connectivity index (χ2n) is 9.19. The van der Waals surface area contributed by atoms with Crippen molar-refractivity contribution >= 4 is 13.3 Å². The third kappa shape index (κ3) is 7.28. The Morgan fingerprint density at radius 2 is 1.36 bits per heavy atom. The minimum atomic E-state index is -2.04. The zero-order valence-electron chi connectivity index (χ0n) is 19.9. The number of ether oxygens (including phenoxy) is 1. The number of hydrogen-bond acceptors (Lipinski definition) is 1. The summed E-state index contributed by atoms with van der Waals surface area (Å²) in [5, 5.41) is 4.61. The first-order valence-corrected chi connectivity index (χ1v) is 17.2. The molecule has 0 radical (unpaired) electrons. The molecule has 0 amide bonds. The fourth-order valence-electron chi connectivity index (χ4n) is 4.62. The summed E-state index contributed by atoms with van der Waals surface area (Å²) in [6, 6.07) is 8.77. The van der Waals surface area contributed by atoms with E-state index in [-0.39, 0.29) is 5.41 Å². The Hall–Kier alpha value is -0.697. The summed E-state index contributed by atoms with van der Waals surface area (Å²) in [5.74, 6) is 0.951. The van der Waals surface area contributed by atoms with Gasteiger partial charge in [-0.15, -0.1) is 0 Å². The molecule has 0 aliphatic heterocycles. The van der Waals surface area contributed by atoms with Crippen LogP contribution in [0.2, 0.25) is 15.8 Å². The fourth-order valence-corrected chi connectivity index (χ4v) is 17.7. The normalized spacial score (nSPS) is 13.0. The Labute approximate surface area is 178 Å². The fraction of sp³-hybridized carbons (Fsp3) is 0.692. The molecular weight excluding hydrogens is 401 g/mol. The van der Waals surface area contributed by atoms with E-state index in [1.165, 1.54) is 66.3 Å². The zero-order valence-corrected chi connectivity index (χ0v) is 22.0. The minimum absolute atomic E-state index is 0.176. The van der Waals surface area contributed by atoms with E-state index in [0.717, 1.165) is 5.75 Å². The molecule has 0 fully saturated rings. The van der Waals surface area contributed by atoms with E-state index in [9.17, 15) is 0 Å². The van der Waals surface area contributed by atoms with Crippen LogP contribution in [0.4, 0.5) is 0 Å². The van der Waals surface area contributed by atoms with Crippen LogP contribution in [0, 0.1) is 0 Å². The molecule has 160 valence electrons. The molecule has 1 aromatic carbocycles. The van der Waals surface area contributed by atoms with Gasteiger partial charge in [0.15, 0.2) is 0 Å². The molecule has 0 atom stereocenters. The summed E-state index contributed by atoms with van der Waals surface area (Å²) < 4.78 is 7.25. The first-order valence-electron chi connectivity index (χ1n) is 11.7. The van der Waals surface area contributed by atoms with Crippen LogP contribution in [0.1, 0.15) is 92.1 Å². The standard InChI is InChI=1S/C26H46GeO/c1-8-12-19-27(20-13-9-2,21-14-10-3)24(11-4)22-26(5,6)23-15-17-25(28-7)18-16-23/h11,15-18H,8-10,12-14,19-22H2,1-7H3. The van der Waals surface area contributed by atoms with Crippen LogP contribution >= 0.6 is 0 Å². The molecule has 1 aromatic rings. The maximum absolute atomic E-state index is 5.37. The number of benzene rings is 1. The Morgan fingerprint density at radius 3 is 1.71 bits per heavy atom. The molecule has 0 spiro atoms. The van der Waals surface area contributed by atoms with Crippen molar-refractivity contribution < 1.29 is 4.74 Å². The summed E-state index contributed by atoms with van der Waals surface area (Å²) in [5.41, 5.74) is 1.61. The molecule has 0 bridgehead atoms. The number of hydrogen-bond donors (Lipinski definition) is 0. The van der Waals surface area contributed by atoms with Gasteiger partial charge in [0.1, 0.15) is 0 Å². The van der Waals surface area contributed by atoms with Gasteiger partial charge in [-0.2, -0.15) is 0 Å². The molecular formula is C26H46GeO. The summed E-state index contributed by atoms with van der Waals surface area (Å²) in [6.45, 7) is 14.3. The predicted octanol–water partition coefficient (Wildman–Crippen LogP) is 8.70. The molecule has 2 heteroatoms. The van der Waals surface area contributed by atoms with Gasteiger partial charge in [0.05, 0.1) is 0 Å². The molecule has 1 rings (SSSR count). The molecule has 0 aliphatic carbocycles. The van der Waals surface area contributed by atoms with E-state index in [2.05, 4.69) is 71.9 Å². The number of allylic oxidation sites excluding steroid dienone is 2. The number of methoxy groups -OCH3 is 1. The second kappa shape index (κ2) is 12.8. The average molecular weight is 447 g/mol. The Kier molecular flexibility index (Phi) is 11.6. The van der Waals surface area contributed by atoms with Crippen molar-refractivity contribution in [1.82, 2.24) is 0 Å². The van der Waals surface area contributed by atoms with Crippen molar-refractivity contribution in [2.45, 2.75) is 108 Å². The van der Waals surface area contributed by atoms with E-state index < -0.39 is 13.3 Å². The van der Waals surface area contributed by atoms with Crippen molar-refractivity contribution in [2.24, 2.45) is 0 Å². The van der Waals surface area contributed by atoms with Crippen molar-refractivity contribution in [1.29, 1.82) is 0 Å². The van der Waals surface area contributed by atoms with Gasteiger partial charge >= 0.3 is 179 Å². The summed E-state index contributed by atoms with van der Waals surface area (Å²) in [6.07, 6.45) is 12.1. The summed E-state index contributed by atoms with van der Waals surface area (Å²) in [7, 11) is 1.75. The SMILES string of the molecule is CC=[C](CC(C)(C)c1ccc(OC)cc1)[Ge]([CH2]CCC)([CH2]CCC)[CH2]CCC. The van der Waals surface area contributed by atoms with Gasteiger partial charge in [-0.3, -0.25) is 0 Å². The molecule has 0 N–H and O–H groups in total. The van der Waals surface area contributed by atoms with E-state index in [1.54, 1.807) is 7.11 Å². The number of rotatable bonds is 14. The van der Waals surface area contributed by atoms with Gasteiger partial charge in [-0.1, -0.05) is 0 Å². The van der Waals surface area contributed by atoms with Gasteiger partial charge in [0.2, 0.25) is 0 Å². The van der Waals surface area contributed by atoms with Crippen LogP contribution in [0.3, 0.4) is 0 Å². The first-order chi connectivity index (χ1) is 13.4. The van der Waals surface area contributed by atoms with E-state index in [0.29, 0.717) is 0 Å². The number of unbranched alkanes of at least 4 members (excludes halogenated alkanes) is 3. The second-order valence-corrected chi connectivity index (χ2v) is 19.1. The van der Waals surface area contributed by atoms with E-state index >= 15 is 0 Å². The monoisotopic (exact) mass is 448 g/mol. The average Bonchev–Trinajstić information content (AvgIpc) is 2.72. The zero-order chi connectivity index (χ0) is 21.0. The van der Waals surface area contributed by atoms with Crippen LogP contribution in [0.5, 0.6) is 5.75 Å². The Balaban J connectivity index is 3.18. The molecule has 1 nitrogen and oxygen atoms in total. The van der Waals surface area contributed by atoms with Crippen molar-refractivity contribution in [3.8, 4) is 5.75 Å². The van der Waals surface area contributed by atoms with Gasteiger partial charge in [-0.25, -0.2) is 0 Å². The van der Waals surface area contributed by atoms with Crippen LogP contribution in [0.15, 0.2) is 34.7 Å². The molecule has 28 heavy (non-hydrogen) atoms. The Morgan fingerprint density at radius 1 is 0.893 bits per heavy atom. The molecule has 0 heterocycles. The summed E-state index contributed by atoms with van der Waals surface area (Å²) in [4.78, 5) is 0. The third-order valence-corrected chi connectivity index (χ3v) is 18.6. The van der Waals surface area contributed by atoms with Crippen molar-refractivity contribution in [3.05, 3.63) is 40.3 Å². The third-order valence-electron chi connectivity index (χ3n) is 6.56. The van der Waals surface area contributed by atoms with Gasteiger partial charge < -0.3 is 0 Å².